The van der Waals surface area contributed by atoms with Gasteiger partial charge in [-0.1, -0.05) is 46.3 Å². The number of fused-ring (bicyclic) bond motifs is 1. The lowest BCUT2D eigenvalue weighted by Crippen LogP contribution is -2.24. The smallest absolute Gasteiger partial charge is 0.258 e. The number of aromatic nitrogens is 1. The van der Waals surface area contributed by atoms with Gasteiger partial charge in [0.05, 0.1) is 31.5 Å². The second-order valence-corrected chi connectivity index (χ2v) is 9.41. The van der Waals surface area contributed by atoms with Crippen molar-refractivity contribution in [2.75, 3.05) is 14.2 Å². The largest absolute Gasteiger partial charge is 0.497 e. The Kier molecular flexibility index (Phi) is 6.36. The molecule has 1 amide bonds. The summed E-state index contributed by atoms with van der Waals surface area (Å²) in [5.74, 6) is 1.02. The number of nitrogens with one attached hydrogen (secondary N) is 1. The van der Waals surface area contributed by atoms with E-state index in [-0.39, 0.29) is 11.5 Å². The molecule has 4 aromatic rings. The molecule has 8 heteroatoms. The van der Waals surface area contributed by atoms with E-state index in [1.807, 2.05) is 54.6 Å². The van der Waals surface area contributed by atoms with Gasteiger partial charge in [-0.25, -0.2) is 5.01 Å². The molecule has 5 rings (SSSR count). The average Bonchev–Trinajstić information content (AvgIpc) is 3.33. The first-order valence-corrected chi connectivity index (χ1v) is 12.2. The minimum Gasteiger partial charge on any atom is -0.497 e. The molecule has 0 saturated heterocycles. The van der Waals surface area contributed by atoms with Crippen molar-refractivity contribution in [3.8, 4) is 22.6 Å². The van der Waals surface area contributed by atoms with E-state index in [1.165, 1.54) is 11.9 Å². The minimum absolute atomic E-state index is 0.235. The Morgan fingerprint density at radius 3 is 2.50 bits per heavy atom. The zero-order valence-corrected chi connectivity index (χ0v) is 21.6. The van der Waals surface area contributed by atoms with Gasteiger partial charge in [0.2, 0.25) is 5.91 Å². The van der Waals surface area contributed by atoms with E-state index >= 15 is 0 Å². The number of carbonyl (C=O) groups is 1. The van der Waals surface area contributed by atoms with Crippen LogP contribution in [0.2, 0.25) is 0 Å². The quantitative estimate of drug-likeness (QED) is 0.350. The molecule has 1 unspecified atom stereocenters. The molecule has 1 aliphatic heterocycles. The lowest BCUT2D eigenvalue weighted by Gasteiger charge is -2.23. The molecule has 0 bridgehead atoms. The van der Waals surface area contributed by atoms with E-state index in [2.05, 4.69) is 20.9 Å². The summed E-state index contributed by atoms with van der Waals surface area (Å²) in [5.41, 5.74) is 3.86. The predicted octanol–water partition coefficient (Wildman–Crippen LogP) is 5.67. The minimum atomic E-state index is -0.455. The number of hydrazone groups is 1. The number of hydrogen-bond donors (Lipinski definition) is 1. The molecule has 1 aliphatic rings. The molecule has 3 aromatic carbocycles. The molecule has 0 spiro atoms. The van der Waals surface area contributed by atoms with Gasteiger partial charge in [0, 0.05) is 39.8 Å². The summed E-state index contributed by atoms with van der Waals surface area (Å²) in [5, 5.41) is 7.00. The van der Waals surface area contributed by atoms with Gasteiger partial charge in [-0.05, 0) is 42.0 Å². The molecule has 0 saturated carbocycles. The van der Waals surface area contributed by atoms with Crippen LogP contribution in [0.3, 0.4) is 0 Å². The van der Waals surface area contributed by atoms with Crippen molar-refractivity contribution < 1.29 is 14.3 Å². The Labute approximate surface area is 216 Å². The lowest BCUT2D eigenvalue weighted by molar-refractivity contribution is -0.130. The van der Waals surface area contributed by atoms with Crippen molar-refractivity contribution in [2.24, 2.45) is 5.10 Å². The van der Waals surface area contributed by atoms with Gasteiger partial charge in [-0.2, -0.15) is 5.10 Å². The first kappa shape index (κ1) is 23.8. The maximum atomic E-state index is 13.5. The van der Waals surface area contributed by atoms with E-state index in [0.29, 0.717) is 29.2 Å². The SMILES string of the molecule is COc1ccc(OC)c(C2CC(c3c(-c4ccccc4)c4cc(Br)ccc4[nH]c3=O)=NN2C(C)=O)c1. The van der Waals surface area contributed by atoms with E-state index < -0.39 is 6.04 Å². The van der Waals surface area contributed by atoms with Crippen LogP contribution < -0.4 is 15.0 Å². The van der Waals surface area contributed by atoms with Crippen molar-refractivity contribution in [3.63, 3.8) is 0 Å². The number of halogens is 1. The molecule has 1 atom stereocenters. The summed E-state index contributed by atoms with van der Waals surface area (Å²) >= 11 is 3.56. The number of amides is 1. The third-order valence-electron chi connectivity index (χ3n) is 6.36. The molecule has 2 heterocycles. The molecule has 36 heavy (non-hydrogen) atoms. The Morgan fingerprint density at radius 2 is 1.81 bits per heavy atom. The number of nitrogens with zero attached hydrogens (tertiary/aromatic N) is 2. The van der Waals surface area contributed by atoms with Crippen molar-refractivity contribution in [1.82, 2.24) is 9.99 Å². The molecule has 0 fully saturated rings. The van der Waals surface area contributed by atoms with Gasteiger partial charge < -0.3 is 14.5 Å². The van der Waals surface area contributed by atoms with Crippen LogP contribution in [0.1, 0.15) is 30.5 Å². The van der Waals surface area contributed by atoms with Gasteiger partial charge in [0.25, 0.3) is 5.56 Å². The number of ether oxygens (including phenoxy) is 2. The van der Waals surface area contributed by atoms with Crippen molar-refractivity contribution in [3.05, 3.63) is 92.7 Å². The van der Waals surface area contributed by atoms with Crippen LogP contribution in [0.25, 0.3) is 22.0 Å². The molecule has 182 valence electrons. The van der Waals surface area contributed by atoms with Crippen LogP contribution in [0.4, 0.5) is 0 Å². The number of aromatic amines is 1. The number of rotatable bonds is 5. The Morgan fingerprint density at radius 1 is 1.03 bits per heavy atom. The van der Waals surface area contributed by atoms with Crippen LogP contribution in [-0.4, -0.2) is 35.8 Å². The van der Waals surface area contributed by atoms with Crippen molar-refractivity contribution in [2.45, 2.75) is 19.4 Å². The highest BCUT2D eigenvalue weighted by Gasteiger charge is 2.36. The van der Waals surface area contributed by atoms with Gasteiger partial charge in [-0.3, -0.25) is 9.59 Å². The first-order chi connectivity index (χ1) is 17.4. The Balaban J connectivity index is 1.74. The standard InChI is InChI=1S/C28H24BrN3O4/c1-16(33)32-24(21-14-19(35-2)10-12-25(21)36-3)15-23(31-32)27-26(17-7-5-4-6-8-17)20-13-18(29)9-11-22(20)30-28(27)34/h4-14,24H,15H2,1-3H3,(H,30,34). The fourth-order valence-electron chi connectivity index (χ4n) is 4.74. The highest BCUT2D eigenvalue weighted by molar-refractivity contribution is 9.10. The van der Waals surface area contributed by atoms with Gasteiger partial charge >= 0.3 is 0 Å². The summed E-state index contributed by atoms with van der Waals surface area (Å²) in [7, 11) is 3.17. The summed E-state index contributed by atoms with van der Waals surface area (Å²) in [6, 6.07) is 20.5. The monoisotopic (exact) mass is 545 g/mol. The third kappa shape index (κ3) is 4.18. The van der Waals surface area contributed by atoms with Crippen LogP contribution in [0.15, 0.2) is 81.1 Å². The highest BCUT2D eigenvalue weighted by Crippen LogP contribution is 2.41. The second kappa shape index (κ2) is 9.62. The molecule has 7 nitrogen and oxygen atoms in total. The zero-order valence-electron chi connectivity index (χ0n) is 20.0. The predicted molar refractivity (Wildman–Crippen MR) is 144 cm³/mol. The summed E-state index contributed by atoms with van der Waals surface area (Å²) in [6.07, 6.45) is 0.339. The summed E-state index contributed by atoms with van der Waals surface area (Å²) in [6.45, 7) is 1.46. The molecule has 0 radical (unpaired) electrons. The number of hydrogen-bond acceptors (Lipinski definition) is 5. The number of benzene rings is 3. The maximum Gasteiger partial charge on any atom is 0.258 e. The highest BCUT2D eigenvalue weighted by atomic mass is 79.9. The molecule has 0 aliphatic carbocycles. The van der Waals surface area contributed by atoms with E-state index in [0.717, 1.165) is 32.1 Å². The van der Waals surface area contributed by atoms with E-state index in [4.69, 9.17) is 14.6 Å². The molecular formula is C28H24BrN3O4. The number of carbonyl (C=O) groups excluding carboxylic acids is 1. The van der Waals surface area contributed by atoms with Crippen LogP contribution >= 0.6 is 15.9 Å². The molecule has 1 aromatic heterocycles. The molecular weight excluding hydrogens is 522 g/mol. The van der Waals surface area contributed by atoms with Crippen LogP contribution in [0.5, 0.6) is 11.5 Å². The van der Waals surface area contributed by atoms with Gasteiger partial charge in [0.15, 0.2) is 0 Å². The first-order valence-electron chi connectivity index (χ1n) is 11.4. The fraction of sp³-hybridized carbons (Fsp3) is 0.179. The average molecular weight is 546 g/mol. The topological polar surface area (TPSA) is 84.0 Å². The Hall–Kier alpha value is -3.91. The summed E-state index contributed by atoms with van der Waals surface area (Å²) < 4.78 is 11.9. The Bertz CT molecular complexity index is 1560. The van der Waals surface area contributed by atoms with Crippen LogP contribution in [-0.2, 0) is 4.79 Å². The number of pyridine rings is 1. The van der Waals surface area contributed by atoms with Gasteiger partial charge in [-0.15, -0.1) is 0 Å². The summed E-state index contributed by atoms with van der Waals surface area (Å²) in [4.78, 5) is 29.3. The van der Waals surface area contributed by atoms with E-state index in [1.54, 1.807) is 26.4 Å². The normalized spacial score (nSPS) is 15.2. The number of H-pyrrole nitrogens is 1. The van der Waals surface area contributed by atoms with Crippen LogP contribution in [0, 0.1) is 0 Å². The van der Waals surface area contributed by atoms with Gasteiger partial charge in [0.1, 0.15) is 11.5 Å². The maximum absolute atomic E-state index is 13.5. The number of methoxy groups -OCH3 is 2. The fourth-order valence-corrected chi connectivity index (χ4v) is 5.10. The third-order valence-corrected chi connectivity index (χ3v) is 6.85. The second-order valence-electron chi connectivity index (χ2n) is 8.50. The zero-order chi connectivity index (χ0) is 25.4. The van der Waals surface area contributed by atoms with Crippen molar-refractivity contribution in [1.29, 1.82) is 0 Å². The molecule has 1 N–H and O–H groups in total. The lowest BCUT2D eigenvalue weighted by atomic mass is 9.91. The van der Waals surface area contributed by atoms with Crippen molar-refractivity contribution >= 4 is 38.5 Å². The van der Waals surface area contributed by atoms with E-state index in [9.17, 15) is 9.59 Å².